The van der Waals surface area contributed by atoms with Crippen molar-refractivity contribution in [3.8, 4) is 33.4 Å². The smallest absolute Gasteiger partial charge is 0.136 e. The fourth-order valence-electron chi connectivity index (χ4n) is 8.56. The zero-order chi connectivity index (χ0) is 34.1. The molecular weight excluding hydrogens is 619 g/mol. The normalized spacial score (nSPS) is 13.1. The summed E-state index contributed by atoms with van der Waals surface area (Å²) in [5, 5.41) is 4.64. The molecule has 0 saturated carbocycles. The minimum atomic E-state index is -0.209. The minimum absolute atomic E-state index is 0.209. The molecule has 0 saturated heterocycles. The van der Waals surface area contributed by atoms with Crippen LogP contribution in [0.1, 0.15) is 25.0 Å². The molecule has 0 N–H and O–H groups in total. The van der Waals surface area contributed by atoms with Gasteiger partial charge in [-0.3, -0.25) is 0 Å². The Morgan fingerprint density at radius 3 is 1.80 bits per heavy atom. The summed E-state index contributed by atoms with van der Waals surface area (Å²) < 4.78 is 6.58. The summed E-state index contributed by atoms with van der Waals surface area (Å²) in [6.45, 7) is 4.74. The molecule has 1 aliphatic rings. The van der Waals surface area contributed by atoms with Gasteiger partial charge in [-0.05, 0) is 80.6 Å². The SMILES string of the molecule is CC1(C)c2ccccc2-c2cccc(N(c3ccccc3-c3ccccc3)c3ccccc3-c3cccc4oc5cc6ccccc6cc5c34)c21. The van der Waals surface area contributed by atoms with E-state index in [4.69, 9.17) is 4.42 Å². The molecule has 0 bridgehead atoms. The predicted molar refractivity (Wildman–Crippen MR) is 214 cm³/mol. The van der Waals surface area contributed by atoms with Crippen LogP contribution in [0.3, 0.4) is 0 Å². The Morgan fingerprint density at radius 1 is 0.431 bits per heavy atom. The van der Waals surface area contributed by atoms with E-state index >= 15 is 0 Å². The highest BCUT2D eigenvalue weighted by Gasteiger charge is 2.39. The lowest BCUT2D eigenvalue weighted by Gasteiger charge is -2.34. The summed E-state index contributed by atoms with van der Waals surface area (Å²) in [6, 6.07) is 63.6. The number of rotatable bonds is 5. The molecule has 2 heteroatoms. The van der Waals surface area contributed by atoms with Crippen LogP contribution < -0.4 is 4.90 Å². The number of nitrogens with zero attached hydrogens (tertiary/aromatic N) is 1. The lowest BCUT2D eigenvalue weighted by Crippen LogP contribution is -2.21. The van der Waals surface area contributed by atoms with Crippen molar-refractivity contribution < 1.29 is 4.42 Å². The molecule has 8 aromatic carbocycles. The van der Waals surface area contributed by atoms with E-state index in [0.717, 1.165) is 44.4 Å². The van der Waals surface area contributed by atoms with E-state index in [9.17, 15) is 0 Å². The molecule has 0 amide bonds. The van der Waals surface area contributed by atoms with E-state index in [1.807, 2.05) is 0 Å². The van der Waals surface area contributed by atoms with E-state index in [2.05, 4.69) is 195 Å². The van der Waals surface area contributed by atoms with E-state index in [-0.39, 0.29) is 5.41 Å². The highest BCUT2D eigenvalue weighted by molar-refractivity contribution is 6.17. The molecule has 0 aliphatic heterocycles. The third-order valence-electron chi connectivity index (χ3n) is 10.8. The molecule has 0 fully saturated rings. The van der Waals surface area contributed by atoms with Crippen molar-refractivity contribution in [1.82, 2.24) is 0 Å². The maximum absolute atomic E-state index is 6.58. The zero-order valence-corrected chi connectivity index (χ0v) is 28.6. The van der Waals surface area contributed by atoms with Crippen LogP contribution in [0.15, 0.2) is 180 Å². The number of hydrogen-bond acceptors (Lipinski definition) is 2. The second-order valence-electron chi connectivity index (χ2n) is 14.1. The quantitative estimate of drug-likeness (QED) is 0.184. The van der Waals surface area contributed by atoms with Gasteiger partial charge in [0.15, 0.2) is 0 Å². The van der Waals surface area contributed by atoms with Gasteiger partial charge in [-0.2, -0.15) is 0 Å². The van der Waals surface area contributed by atoms with Crippen molar-refractivity contribution in [2.24, 2.45) is 0 Å². The third kappa shape index (κ3) is 4.50. The molecule has 242 valence electrons. The van der Waals surface area contributed by atoms with Crippen LogP contribution in [0.2, 0.25) is 0 Å². The summed E-state index contributed by atoms with van der Waals surface area (Å²) in [4.78, 5) is 2.51. The van der Waals surface area contributed by atoms with Gasteiger partial charge in [-0.1, -0.05) is 153 Å². The summed E-state index contributed by atoms with van der Waals surface area (Å²) in [7, 11) is 0. The summed E-state index contributed by atoms with van der Waals surface area (Å²) in [6.07, 6.45) is 0. The molecule has 1 aliphatic carbocycles. The van der Waals surface area contributed by atoms with Gasteiger partial charge in [0, 0.05) is 27.3 Å². The third-order valence-corrected chi connectivity index (χ3v) is 10.8. The molecule has 0 radical (unpaired) electrons. The molecule has 9 aromatic rings. The van der Waals surface area contributed by atoms with Crippen LogP contribution in [0.25, 0.3) is 66.1 Å². The van der Waals surface area contributed by atoms with Crippen molar-refractivity contribution in [3.05, 3.63) is 187 Å². The van der Waals surface area contributed by atoms with Crippen LogP contribution in [0, 0.1) is 0 Å². The van der Waals surface area contributed by atoms with E-state index in [0.29, 0.717) is 0 Å². The second-order valence-corrected chi connectivity index (χ2v) is 14.1. The van der Waals surface area contributed by atoms with Gasteiger partial charge in [-0.25, -0.2) is 0 Å². The van der Waals surface area contributed by atoms with E-state index in [1.54, 1.807) is 0 Å². The summed E-state index contributed by atoms with van der Waals surface area (Å²) in [5.74, 6) is 0. The number of anilines is 3. The van der Waals surface area contributed by atoms with Gasteiger partial charge in [0.05, 0.1) is 17.1 Å². The molecule has 0 atom stereocenters. The van der Waals surface area contributed by atoms with E-state index in [1.165, 1.54) is 49.8 Å². The Bertz CT molecular complexity index is 2790. The maximum Gasteiger partial charge on any atom is 0.136 e. The monoisotopic (exact) mass is 653 g/mol. The lowest BCUT2D eigenvalue weighted by atomic mass is 9.81. The summed E-state index contributed by atoms with van der Waals surface area (Å²) in [5.41, 5.74) is 15.0. The number of para-hydroxylation sites is 2. The standard InChI is InChI=1S/C49H35NO/c1-49(2)41-25-11-8-21-36(41)39-24-14-28-44(48(39)49)50(42-26-12-9-20-35(42)32-16-4-3-5-17-32)43-27-13-10-22-37(43)38-23-15-29-45-47(38)40-30-33-18-6-7-19-34(33)31-46(40)51-45/h3-31H,1-2H3. The van der Waals surface area contributed by atoms with Gasteiger partial charge in [-0.15, -0.1) is 0 Å². The maximum atomic E-state index is 6.58. The highest BCUT2D eigenvalue weighted by Crippen LogP contribution is 2.56. The average molecular weight is 654 g/mol. The zero-order valence-electron chi connectivity index (χ0n) is 28.6. The largest absolute Gasteiger partial charge is 0.456 e. The average Bonchev–Trinajstić information content (AvgIpc) is 3.66. The number of benzene rings is 8. The van der Waals surface area contributed by atoms with Crippen LogP contribution in [-0.2, 0) is 5.41 Å². The Hall–Kier alpha value is -6.38. The number of fused-ring (bicyclic) bond motifs is 7. The Kier molecular flexibility index (Phi) is 6.56. The van der Waals surface area contributed by atoms with Gasteiger partial charge >= 0.3 is 0 Å². The van der Waals surface area contributed by atoms with Crippen molar-refractivity contribution in [1.29, 1.82) is 0 Å². The first-order chi connectivity index (χ1) is 25.1. The lowest BCUT2D eigenvalue weighted by molar-refractivity contribution is 0.661. The fourth-order valence-corrected chi connectivity index (χ4v) is 8.56. The van der Waals surface area contributed by atoms with Crippen LogP contribution in [0.5, 0.6) is 0 Å². The first-order valence-electron chi connectivity index (χ1n) is 17.7. The number of furan rings is 1. The molecule has 1 heterocycles. The topological polar surface area (TPSA) is 16.4 Å². The van der Waals surface area contributed by atoms with Gasteiger partial charge in [0.2, 0.25) is 0 Å². The van der Waals surface area contributed by atoms with Gasteiger partial charge < -0.3 is 9.32 Å². The summed E-state index contributed by atoms with van der Waals surface area (Å²) >= 11 is 0. The van der Waals surface area contributed by atoms with Crippen LogP contribution >= 0.6 is 0 Å². The molecule has 51 heavy (non-hydrogen) atoms. The first-order valence-corrected chi connectivity index (χ1v) is 17.7. The molecule has 2 nitrogen and oxygen atoms in total. The molecule has 1 aromatic heterocycles. The van der Waals surface area contributed by atoms with Crippen molar-refractivity contribution in [2.45, 2.75) is 19.3 Å². The van der Waals surface area contributed by atoms with Crippen molar-refractivity contribution in [2.75, 3.05) is 4.90 Å². The van der Waals surface area contributed by atoms with Crippen molar-refractivity contribution >= 4 is 49.8 Å². The van der Waals surface area contributed by atoms with Crippen LogP contribution in [0.4, 0.5) is 17.1 Å². The Balaban J connectivity index is 1.29. The van der Waals surface area contributed by atoms with E-state index < -0.39 is 0 Å². The molecule has 0 unspecified atom stereocenters. The Morgan fingerprint density at radius 2 is 1.00 bits per heavy atom. The minimum Gasteiger partial charge on any atom is -0.456 e. The predicted octanol–water partition coefficient (Wildman–Crippen LogP) is 13.8. The first kappa shape index (κ1) is 29.5. The molecular formula is C49H35NO. The van der Waals surface area contributed by atoms with Gasteiger partial charge in [0.1, 0.15) is 11.2 Å². The fraction of sp³-hybridized carbons (Fsp3) is 0.0612. The van der Waals surface area contributed by atoms with Crippen LogP contribution in [-0.4, -0.2) is 0 Å². The highest BCUT2D eigenvalue weighted by atomic mass is 16.3. The number of hydrogen-bond donors (Lipinski definition) is 0. The van der Waals surface area contributed by atoms with Gasteiger partial charge in [0.25, 0.3) is 0 Å². The Labute approximate surface area is 297 Å². The molecule has 0 spiro atoms. The van der Waals surface area contributed by atoms with Crippen molar-refractivity contribution in [3.63, 3.8) is 0 Å². The second kappa shape index (κ2) is 11.3. The molecule has 10 rings (SSSR count).